The molecule has 1 unspecified atom stereocenters. The Morgan fingerprint density at radius 2 is 1.91 bits per heavy atom. The molecule has 4 nitrogen and oxygen atoms in total. The summed E-state index contributed by atoms with van der Waals surface area (Å²) >= 11 is 0. The average molecular weight is 325 g/mol. The van der Waals surface area contributed by atoms with E-state index in [1.807, 2.05) is 4.90 Å². The minimum Gasteiger partial charge on any atom is -0.376 e. The van der Waals surface area contributed by atoms with Crippen LogP contribution >= 0.6 is 0 Å². The third-order valence-electron chi connectivity index (χ3n) is 5.02. The lowest BCUT2D eigenvalue weighted by Crippen LogP contribution is -2.47. The highest BCUT2D eigenvalue weighted by atomic mass is 16.5. The molecular weight excluding hydrogens is 290 g/mol. The zero-order valence-corrected chi connectivity index (χ0v) is 15.5. The van der Waals surface area contributed by atoms with Crippen LogP contribution in [0.5, 0.6) is 0 Å². The van der Waals surface area contributed by atoms with E-state index in [1.165, 1.54) is 12.8 Å². The number of carbonyl (C=O) groups is 1. The number of rotatable bonds is 6. The normalized spacial score (nSPS) is 24.2. The molecule has 0 saturated carbocycles. The summed E-state index contributed by atoms with van der Waals surface area (Å²) in [6, 6.07) is 0. The van der Waals surface area contributed by atoms with E-state index in [4.69, 9.17) is 9.47 Å². The van der Waals surface area contributed by atoms with Gasteiger partial charge in [-0.05, 0) is 44.4 Å². The minimum absolute atomic E-state index is 0.252. The Morgan fingerprint density at radius 3 is 2.48 bits per heavy atom. The van der Waals surface area contributed by atoms with Gasteiger partial charge in [0, 0.05) is 25.1 Å². The number of amides is 1. The van der Waals surface area contributed by atoms with Crippen molar-refractivity contribution in [2.75, 3.05) is 26.3 Å². The van der Waals surface area contributed by atoms with E-state index in [-0.39, 0.29) is 17.6 Å². The Hall–Kier alpha value is -0.610. The Morgan fingerprint density at radius 1 is 1.22 bits per heavy atom. The first kappa shape index (κ1) is 18.7. The summed E-state index contributed by atoms with van der Waals surface area (Å²) in [6.07, 6.45) is 7.00. The van der Waals surface area contributed by atoms with Crippen molar-refractivity contribution in [1.29, 1.82) is 0 Å². The maximum absolute atomic E-state index is 12.7. The smallest absolute Gasteiger partial charge is 0.228 e. The zero-order valence-electron chi connectivity index (χ0n) is 15.5. The lowest BCUT2D eigenvalue weighted by atomic mass is 9.82. The number of carbonyl (C=O) groups excluding carboxylic acids is 1. The van der Waals surface area contributed by atoms with Gasteiger partial charge in [-0.25, -0.2) is 0 Å². The lowest BCUT2D eigenvalue weighted by molar-refractivity contribution is -0.144. The van der Waals surface area contributed by atoms with Crippen molar-refractivity contribution in [3.8, 4) is 0 Å². The molecule has 23 heavy (non-hydrogen) atoms. The third-order valence-corrected chi connectivity index (χ3v) is 5.02. The molecule has 1 atom stereocenters. The summed E-state index contributed by atoms with van der Waals surface area (Å²) in [4.78, 5) is 14.8. The van der Waals surface area contributed by atoms with E-state index in [2.05, 4.69) is 27.7 Å². The highest BCUT2D eigenvalue weighted by molar-refractivity contribution is 5.82. The Balaban J connectivity index is 1.71. The number of hydrogen-bond donors (Lipinski definition) is 0. The zero-order chi connectivity index (χ0) is 16.9. The molecule has 1 amide bonds. The summed E-state index contributed by atoms with van der Waals surface area (Å²) in [5.41, 5.74) is -0.252. The molecule has 2 rings (SSSR count). The second-order valence-corrected chi connectivity index (χ2v) is 8.30. The fourth-order valence-corrected chi connectivity index (χ4v) is 3.94. The number of ether oxygens (including phenoxy) is 2. The number of likely N-dealkylation sites (tertiary alicyclic amines) is 1. The molecule has 0 aromatic rings. The summed E-state index contributed by atoms with van der Waals surface area (Å²) in [5, 5.41) is 0. The van der Waals surface area contributed by atoms with Gasteiger partial charge in [-0.2, -0.15) is 0 Å². The van der Waals surface area contributed by atoms with Gasteiger partial charge in [-0.1, -0.05) is 27.7 Å². The first-order chi connectivity index (χ1) is 10.9. The molecule has 0 aromatic carbocycles. The highest BCUT2D eigenvalue weighted by Crippen LogP contribution is 2.29. The lowest BCUT2D eigenvalue weighted by Gasteiger charge is -2.38. The predicted octanol–water partition coefficient (Wildman–Crippen LogP) is 3.64. The molecule has 134 valence electrons. The number of hydrogen-bond acceptors (Lipinski definition) is 3. The van der Waals surface area contributed by atoms with Crippen LogP contribution in [0.3, 0.4) is 0 Å². The van der Waals surface area contributed by atoms with Gasteiger partial charge in [0.05, 0.1) is 18.8 Å². The fourth-order valence-electron chi connectivity index (χ4n) is 3.94. The van der Waals surface area contributed by atoms with Gasteiger partial charge in [0.1, 0.15) is 0 Å². The number of nitrogens with zero attached hydrogens (tertiary/aromatic N) is 1. The summed E-state index contributed by atoms with van der Waals surface area (Å²) in [6.45, 7) is 11.8. The predicted molar refractivity (Wildman–Crippen MR) is 92.4 cm³/mol. The summed E-state index contributed by atoms with van der Waals surface area (Å²) in [5.74, 6) is 0.852. The van der Waals surface area contributed by atoms with Gasteiger partial charge in [0.25, 0.3) is 0 Å². The SMILES string of the molecule is CC(C)CC(C)(C)C(=O)N1CCC(OCC2CCCCO2)CC1. The van der Waals surface area contributed by atoms with E-state index in [9.17, 15) is 4.79 Å². The molecule has 2 fully saturated rings. The Labute approximate surface area is 141 Å². The van der Waals surface area contributed by atoms with Crippen LogP contribution in [0.1, 0.15) is 66.2 Å². The second kappa shape index (κ2) is 8.48. The molecule has 0 aromatic heterocycles. The van der Waals surface area contributed by atoms with E-state index >= 15 is 0 Å². The van der Waals surface area contributed by atoms with Crippen LogP contribution in [0.2, 0.25) is 0 Å². The second-order valence-electron chi connectivity index (χ2n) is 8.30. The van der Waals surface area contributed by atoms with Crippen molar-refractivity contribution in [3.05, 3.63) is 0 Å². The Kier molecular flexibility index (Phi) is 6.90. The molecule has 0 spiro atoms. The maximum atomic E-state index is 12.7. The highest BCUT2D eigenvalue weighted by Gasteiger charge is 2.34. The van der Waals surface area contributed by atoms with Crippen molar-refractivity contribution >= 4 is 5.91 Å². The van der Waals surface area contributed by atoms with E-state index in [0.717, 1.165) is 52.0 Å². The Bertz CT molecular complexity index is 367. The maximum Gasteiger partial charge on any atom is 0.228 e. The van der Waals surface area contributed by atoms with Crippen LogP contribution < -0.4 is 0 Å². The van der Waals surface area contributed by atoms with Gasteiger partial charge < -0.3 is 14.4 Å². The van der Waals surface area contributed by atoms with Crippen LogP contribution in [0.25, 0.3) is 0 Å². The van der Waals surface area contributed by atoms with Crippen molar-refractivity contribution in [2.45, 2.75) is 78.4 Å². The van der Waals surface area contributed by atoms with E-state index < -0.39 is 0 Å². The molecule has 2 saturated heterocycles. The molecule has 0 aliphatic carbocycles. The van der Waals surface area contributed by atoms with E-state index in [0.29, 0.717) is 11.8 Å². The van der Waals surface area contributed by atoms with Crippen LogP contribution in [0, 0.1) is 11.3 Å². The minimum atomic E-state index is -0.252. The molecule has 4 heteroatoms. The summed E-state index contributed by atoms with van der Waals surface area (Å²) in [7, 11) is 0. The van der Waals surface area contributed by atoms with Crippen LogP contribution in [-0.2, 0) is 14.3 Å². The standard InChI is InChI=1S/C19H35NO3/c1-15(2)13-19(3,4)18(21)20-10-8-16(9-11-20)23-14-17-7-5-6-12-22-17/h15-17H,5-14H2,1-4H3. The topological polar surface area (TPSA) is 38.8 Å². The van der Waals surface area contributed by atoms with Crippen LogP contribution in [0.4, 0.5) is 0 Å². The van der Waals surface area contributed by atoms with Crippen molar-refractivity contribution < 1.29 is 14.3 Å². The van der Waals surface area contributed by atoms with E-state index in [1.54, 1.807) is 0 Å². The molecule has 0 radical (unpaired) electrons. The summed E-state index contributed by atoms with van der Waals surface area (Å²) < 4.78 is 11.8. The van der Waals surface area contributed by atoms with Crippen LogP contribution in [0.15, 0.2) is 0 Å². The quantitative estimate of drug-likeness (QED) is 0.748. The molecule has 0 bridgehead atoms. The molecule has 2 aliphatic heterocycles. The van der Waals surface area contributed by atoms with Crippen molar-refractivity contribution in [2.24, 2.45) is 11.3 Å². The van der Waals surface area contributed by atoms with Crippen LogP contribution in [-0.4, -0.2) is 49.3 Å². The molecule has 0 N–H and O–H groups in total. The third kappa shape index (κ3) is 5.75. The largest absolute Gasteiger partial charge is 0.376 e. The molecule has 2 heterocycles. The first-order valence-electron chi connectivity index (χ1n) is 9.41. The molecular formula is C19H35NO3. The van der Waals surface area contributed by atoms with Gasteiger partial charge in [0.15, 0.2) is 0 Å². The fraction of sp³-hybridized carbons (Fsp3) is 0.947. The van der Waals surface area contributed by atoms with Gasteiger partial charge >= 0.3 is 0 Å². The van der Waals surface area contributed by atoms with Gasteiger partial charge in [-0.3, -0.25) is 4.79 Å². The van der Waals surface area contributed by atoms with Crippen molar-refractivity contribution in [3.63, 3.8) is 0 Å². The van der Waals surface area contributed by atoms with Gasteiger partial charge in [0.2, 0.25) is 5.91 Å². The molecule has 2 aliphatic rings. The monoisotopic (exact) mass is 325 g/mol. The number of piperidine rings is 1. The van der Waals surface area contributed by atoms with Crippen molar-refractivity contribution in [1.82, 2.24) is 4.90 Å². The van der Waals surface area contributed by atoms with Gasteiger partial charge in [-0.15, -0.1) is 0 Å². The average Bonchev–Trinajstić information content (AvgIpc) is 2.52. The first-order valence-corrected chi connectivity index (χ1v) is 9.41.